The quantitative estimate of drug-likeness (QED) is 0.288. The molecule has 2 rings (SSSR count). The number of nitro groups is 1. The lowest BCUT2D eigenvalue weighted by Gasteiger charge is -2.26. The Hall–Kier alpha value is -3.04. The highest BCUT2D eigenvalue weighted by Crippen LogP contribution is 2.30. The topological polar surface area (TPSA) is 100 Å². The Kier molecular flexibility index (Phi) is 7.85. The summed E-state index contributed by atoms with van der Waals surface area (Å²) in [4.78, 5) is 15.4. The number of nitrogens with one attached hydrogen (secondary N) is 1. The van der Waals surface area contributed by atoms with Crippen molar-refractivity contribution in [1.29, 1.82) is 0 Å². The molecular formula is C19H24N6O2S. The summed E-state index contributed by atoms with van der Waals surface area (Å²) < 4.78 is 0. The molecule has 0 bridgehead atoms. The lowest BCUT2D eigenvalue weighted by molar-refractivity contribution is -0.384. The van der Waals surface area contributed by atoms with Gasteiger partial charge in [-0.05, 0) is 37.9 Å². The maximum Gasteiger partial charge on any atom is 0.293 e. The molecule has 0 amide bonds. The van der Waals surface area contributed by atoms with Crippen molar-refractivity contribution < 1.29 is 4.92 Å². The van der Waals surface area contributed by atoms with Crippen molar-refractivity contribution in [3.63, 3.8) is 0 Å². The third-order valence-electron chi connectivity index (χ3n) is 3.96. The van der Waals surface area contributed by atoms with Crippen LogP contribution in [0, 0.1) is 10.1 Å². The molecule has 0 heterocycles. The maximum atomic E-state index is 11.7. The van der Waals surface area contributed by atoms with Gasteiger partial charge in [-0.15, -0.1) is 0 Å². The average Bonchev–Trinajstić information content (AvgIpc) is 2.65. The van der Waals surface area contributed by atoms with Crippen LogP contribution in [0.2, 0.25) is 0 Å². The lowest BCUT2D eigenvalue weighted by Crippen LogP contribution is -2.31. The van der Waals surface area contributed by atoms with Crippen LogP contribution in [0.5, 0.6) is 0 Å². The Morgan fingerprint density at radius 3 is 2.57 bits per heavy atom. The van der Waals surface area contributed by atoms with E-state index in [1.807, 2.05) is 54.2 Å². The number of nitrogens with two attached hydrogens (primary N) is 1. The Morgan fingerprint density at radius 1 is 1.25 bits per heavy atom. The number of hydrazone groups is 1. The fraction of sp³-hybridized carbons (Fsp3) is 0.263. The van der Waals surface area contributed by atoms with Crippen LogP contribution in [-0.2, 0) is 6.54 Å². The Bertz CT molecular complexity index is 842. The highest BCUT2D eigenvalue weighted by atomic mass is 32.1. The van der Waals surface area contributed by atoms with Crippen molar-refractivity contribution in [3.05, 3.63) is 69.8 Å². The maximum absolute atomic E-state index is 11.7. The smallest absolute Gasteiger partial charge is 0.293 e. The molecule has 0 aliphatic carbocycles. The standard InChI is InChI=1S/C19H24N6O2S/c1-23(2)10-11-24(14-15-6-4-3-5-7-15)17-9-8-16(12-18(17)25(26)27)13-21-22-19(20)28/h3-9,12-13H,10-11,14H2,1-2H3,(H3,20,22,28)/b21-13+. The third-order valence-corrected chi connectivity index (χ3v) is 4.05. The lowest BCUT2D eigenvalue weighted by atomic mass is 10.1. The molecule has 9 heteroatoms. The molecule has 0 spiro atoms. The van der Waals surface area contributed by atoms with Gasteiger partial charge in [0.05, 0.1) is 11.1 Å². The molecule has 148 valence electrons. The van der Waals surface area contributed by atoms with E-state index < -0.39 is 0 Å². The van der Waals surface area contributed by atoms with Crippen LogP contribution in [0.15, 0.2) is 53.6 Å². The predicted molar refractivity (Wildman–Crippen MR) is 117 cm³/mol. The summed E-state index contributed by atoms with van der Waals surface area (Å²) in [6, 6.07) is 14.9. The summed E-state index contributed by atoms with van der Waals surface area (Å²) in [6.07, 6.45) is 1.44. The van der Waals surface area contributed by atoms with E-state index in [-0.39, 0.29) is 15.7 Å². The molecule has 0 saturated heterocycles. The summed E-state index contributed by atoms with van der Waals surface area (Å²) in [6.45, 7) is 2.00. The predicted octanol–water partition coefficient (Wildman–Crippen LogP) is 2.33. The Morgan fingerprint density at radius 2 is 1.96 bits per heavy atom. The van der Waals surface area contributed by atoms with E-state index in [1.165, 1.54) is 12.3 Å². The van der Waals surface area contributed by atoms with E-state index in [9.17, 15) is 10.1 Å². The zero-order chi connectivity index (χ0) is 20.5. The number of nitrogens with zero attached hydrogens (tertiary/aromatic N) is 4. The monoisotopic (exact) mass is 400 g/mol. The first-order valence-corrected chi connectivity index (χ1v) is 9.08. The third kappa shape index (κ3) is 6.60. The number of thiocarbonyl (C=S) groups is 1. The second-order valence-electron chi connectivity index (χ2n) is 6.45. The van der Waals surface area contributed by atoms with Crippen LogP contribution < -0.4 is 16.1 Å². The van der Waals surface area contributed by atoms with Gasteiger partial charge in [0.25, 0.3) is 5.69 Å². The molecule has 3 N–H and O–H groups in total. The van der Waals surface area contributed by atoms with Crippen LogP contribution in [0.4, 0.5) is 11.4 Å². The van der Waals surface area contributed by atoms with E-state index in [0.717, 1.165) is 12.1 Å². The molecule has 0 saturated carbocycles. The van der Waals surface area contributed by atoms with Crippen molar-refractivity contribution >= 4 is 34.9 Å². The fourth-order valence-electron chi connectivity index (χ4n) is 2.61. The van der Waals surface area contributed by atoms with Gasteiger partial charge >= 0.3 is 0 Å². The summed E-state index contributed by atoms with van der Waals surface area (Å²) >= 11 is 4.68. The largest absolute Gasteiger partial charge is 0.375 e. The molecule has 2 aromatic rings. The highest BCUT2D eigenvalue weighted by Gasteiger charge is 2.20. The first-order valence-electron chi connectivity index (χ1n) is 8.67. The molecule has 0 aromatic heterocycles. The molecule has 28 heavy (non-hydrogen) atoms. The molecular weight excluding hydrogens is 376 g/mol. The summed E-state index contributed by atoms with van der Waals surface area (Å²) in [5.41, 5.74) is 10.0. The first-order chi connectivity index (χ1) is 13.4. The van der Waals surface area contributed by atoms with Crippen LogP contribution in [0.1, 0.15) is 11.1 Å². The number of likely N-dealkylation sites (N-methyl/N-ethyl adjacent to an activating group) is 1. The summed E-state index contributed by atoms with van der Waals surface area (Å²) in [5, 5.41) is 15.6. The number of rotatable bonds is 9. The SMILES string of the molecule is CN(C)CCN(Cc1ccccc1)c1ccc(/C=N/NC(N)=S)cc1[N+](=O)[O-]. The fourth-order valence-corrected chi connectivity index (χ4v) is 2.67. The van der Waals surface area contributed by atoms with E-state index in [1.54, 1.807) is 12.1 Å². The normalized spacial score (nSPS) is 11.0. The Labute approximate surface area is 169 Å². The van der Waals surface area contributed by atoms with Crippen molar-refractivity contribution in [3.8, 4) is 0 Å². The average molecular weight is 401 g/mol. The van der Waals surface area contributed by atoms with Gasteiger partial charge in [0.2, 0.25) is 0 Å². The zero-order valence-electron chi connectivity index (χ0n) is 15.9. The number of hydrogen-bond acceptors (Lipinski definition) is 6. The summed E-state index contributed by atoms with van der Waals surface area (Å²) in [5.74, 6) is 0. The van der Waals surface area contributed by atoms with Gasteiger partial charge in [-0.2, -0.15) is 5.10 Å². The molecule has 2 aromatic carbocycles. The Balaban J connectivity index is 2.35. The molecule has 0 fully saturated rings. The van der Waals surface area contributed by atoms with Gasteiger partial charge in [0.15, 0.2) is 5.11 Å². The molecule has 0 unspecified atom stereocenters. The summed E-state index contributed by atoms with van der Waals surface area (Å²) in [7, 11) is 3.95. The minimum absolute atomic E-state index is 0.0222. The first kappa shape index (κ1) is 21.3. The van der Waals surface area contributed by atoms with E-state index in [4.69, 9.17) is 5.73 Å². The van der Waals surface area contributed by atoms with Gasteiger partial charge in [-0.1, -0.05) is 36.4 Å². The molecule has 0 aliphatic rings. The molecule has 8 nitrogen and oxygen atoms in total. The molecule has 0 atom stereocenters. The second-order valence-corrected chi connectivity index (χ2v) is 6.89. The van der Waals surface area contributed by atoms with E-state index >= 15 is 0 Å². The van der Waals surface area contributed by atoms with E-state index in [2.05, 4.69) is 22.7 Å². The van der Waals surface area contributed by atoms with Gasteiger partial charge in [0.1, 0.15) is 5.69 Å². The van der Waals surface area contributed by atoms with Crippen molar-refractivity contribution in [2.45, 2.75) is 6.54 Å². The van der Waals surface area contributed by atoms with Crippen LogP contribution >= 0.6 is 12.2 Å². The van der Waals surface area contributed by atoms with Gasteiger partial charge in [-0.3, -0.25) is 15.5 Å². The second kappa shape index (κ2) is 10.3. The van der Waals surface area contributed by atoms with E-state index in [0.29, 0.717) is 24.3 Å². The van der Waals surface area contributed by atoms with Crippen LogP contribution in [0.25, 0.3) is 0 Å². The number of benzene rings is 2. The number of nitro benzene ring substituents is 1. The molecule has 0 radical (unpaired) electrons. The highest BCUT2D eigenvalue weighted by molar-refractivity contribution is 7.80. The molecule has 0 aliphatic heterocycles. The number of hydrogen-bond donors (Lipinski definition) is 2. The number of anilines is 1. The van der Waals surface area contributed by atoms with Gasteiger partial charge < -0.3 is 15.5 Å². The minimum Gasteiger partial charge on any atom is -0.375 e. The van der Waals surface area contributed by atoms with Crippen LogP contribution in [0.3, 0.4) is 0 Å². The van der Waals surface area contributed by atoms with Crippen molar-refractivity contribution in [1.82, 2.24) is 10.3 Å². The van der Waals surface area contributed by atoms with Crippen molar-refractivity contribution in [2.24, 2.45) is 10.8 Å². The zero-order valence-corrected chi connectivity index (χ0v) is 16.7. The van der Waals surface area contributed by atoms with Gasteiger partial charge in [0, 0.05) is 31.3 Å². The minimum atomic E-state index is -0.374. The van der Waals surface area contributed by atoms with Crippen molar-refractivity contribution in [2.75, 3.05) is 32.1 Å². The van der Waals surface area contributed by atoms with Gasteiger partial charge in [-0.25, -0.2) is 0 Å². The van der Waals surface area contributed by atoms with Crippen LogP contribution in [-0.4, -0.2) is 48.3 Å².